The van der Waals surface area contributed by atoms with E-state index in [1.807, 2.05) is 0 Å². The van der Waals surface area contributed by atoms with Crippen LogP contribution in [0.2, 0.25) is 0 Å². The minimum absolute atomic E-state index is 0.0419. The van der Waals surface area contributed by atoms with Gasteiger partial charge in [-0.1, -0.05) is 0 Å². The molecule has 2 aromatic rings. The lowest BCUT2D eigenvalue weighted by Crippen LogP contribution is -2.15. The molecule has 1 heterocycles. The molecular formula is C13H11N3O4. The summed E-state index contributed by atoms with van der Waals surface area (Å²) in [6.45, 7) is 0. The summed E-state index contributed by atoms with van der Waals surface area (Å²) in [7, 11) is 1.42. The fourth-order valence-electron chi connectivity index (χ4n) is 1.54. The lowest BCUT2D eigenvalue weighted by molar-refractivity contribution is 0.0696. The molecule has 0 spiro atoms. The molecular weight excluding hydrogens is 262 g/mol. The Morgan fingerprint density at radius 3 is 2.70 bits per heavy atom. The molecule has 7 heteroatoms. The molecule has 0 aliphatic carbocycles. The first-order chi connectivity index (χ1) is 9.61. The van der Waals surface area contributed by atoms with E-state index in [9.17, 15) is 9.59 Å². The van der Waals surface area contributed by atoms with Gasteiger partial charge in [0.25, 0.3) is 5.91 Å². The first-order valence-electron chi connectivity index (χ1n) is 5.60. The predicted molar refractivity (Wildman–Crippen MR) is 69.9 cm³/mol. The number of carboxylic acid groups (broad SMARTS) is 1. The van der Waals surface area contributed by atoms with Gasteiger partial charge in [-0.05, 0) is 18.2 Å². The quantitative estimate of drug-likeness (QED) is 0.873. The molecule has 2 N–H and O–H groups in total. The fraction of sp³-hybridized carbons (Fsp3) is 0.0769. The largest absolute Gasteiger partial charge is 0.495 e. The van der Waals surface area contributed by atoms with Crippen molar-refractivity contribution in [3.8, 4) is 5.75 Å². The molecule has 102 valence electrons. The van der Waals surface area contributed by atoms with E-state index in [1.165, 1.54) is 43.9 Å². The summed E-state index contributed by atoms with van der Waals surface area (Å²) < 4.78 is 5.07. The van der Waals surface area contributed by atoms with Gasteiger partial charge in [0.2, 0.25) is 0 Å². The average molecular weight is 273 g/mol. The van der Waals surface area contributed by atoms with Crippen LogP contribution in [0.15, 0.2) is 36.8 Å². The van der Waals surface area contributed by atoms with Crippen molar-refractivity contribution >= 4 is 17.6 Å². The highest BCUT2D eigenvalue weighted by atomic mass is 16.5. The Morgan fingerprint density at radius 2 is 2.10 bits per heavy atom. The molecule has 0 fully saturated rings. The van der Waals surface area contributed by atoms with Gasteiger partial charge in [0.05, 0.1) is 24.6 Å². The Balaban J connectivity index is 2.30. The standard InChI is InChI=1S/C13H11N3O4/c1-20-11-3-2-8(13(18)19)6-9(11)16-12(17)10-7-14-4-5-15-10/h2-7H,1H3,(H,16,17)(H,18,19). The van der Waals surface area contributed by atoms with Crippen LogP contribution < -0.4 is 10.1 Å². The topological polar surface area (TPSA) is 101 Å². The molecule has 0 radical (unpaired) electrons. The third-order valence-electron chi connectivity index (χ3n) is 2.49. The maximum atomic E-state index is 11.9. The smallest absolute Gasteiger partial charge is 0.335 e. The first-order valence-corrected chi connectivity index (χ1v) is 5.60. The number of methoxy groups -OCH3 is 1. The Kier molecular flexibility index (Phi) is 3.90. The molecule has 0 bridgehead atoms. The summed E-state index contributed by atoms with van der Waals surface area (Å²) >= 11 is 0. The molecule has 1 aromatic carbocycles. The van der Waals surface area contributed by atoms with E-state index in [1.54, 1.807) is 0 Å². The van der Waals surface area contributed by atoms with Gasteiger partial charge in [0.15, 0.2) is 0 Å². The Labute approximate surface area is 114 Å². The number of carboxylic acids is 1. The van der Waals surface area contributed by atoms with Crippen molar-refractivity contribution in [2.75, 3.05) is 12.4 Å². The molecule has 2 rings (SSSR count). The fourth-order valence-corrected chi connectivity index (χ4v) is 1.54. The number of carbonyl (C=O) groups is 2. The number of nitrogens with one attached hydrogen (secondary N) is 1. The zero-order valence-electron chi connectivity index (χ0n) is 10.5. The summed E-state index contributed by atoms with van der Waals surface area (Å²) in [5, 5.41) is 11.5. The van der Waals surface area contributed by atoms with Crippen molar-refractivity contribution in [1.82, 2.24) is 9.97 Å². The number of carbonyl (C=O) groups excluding carboxylic acids is 1. The SMILES string of the molecule is COc1ccc(C(=O)O)cc1NC(=O)c1cnccn1. The lowest BCUT2D eigenvalue weighted by Gasteiger charge is -2.10. The monoisotopic (exact) mass is 273 g/mol. The number of hydrogen-bond donors (Lipinski definition) is 2. The lowest BCUT2D eigenvalue weighted by atomic mass is 10.2. The van der Waals surface area contributed by atoms with Gasteiger partial charge in [-0.25, -0.2) is 9.78 Å². The number of amides is 1. The zero-order chi connectivity index (χ0) is 14.5. The van der Waals surface area contributed by atoms with Crippen LogP contribution >= 0.6 is 0 Å². The summed E-state index contributed by atoms with van der Waals surface area (Å²) in [4.78, 5) is 30.5. The van der Waals surface area contributed by atoms with Crippen LogP contribution in [0.1, 0.15) is 20.8 Å². The highest BCUT2D eigenvalue weighted by Crippen LogP contribution is 2.25. The average Bonchev–Trinajstić information content (AvgIpc) is 2.48. The highest BCUT2D eigenvalue weighted by Gasteiger charge is 2.13. The van der Waals surface area contributed by atoms with E-state index in [4.69, 9.17) is 9.84 Å². The van der Waals surface area contributed by atoms with Crippen molar-refractivity contribution in [3.05, 3.63) is 48.0 Å². The van der Waals surface area contributed by atoms with Crippen molar-refractivity contribution in [3.63, 3.8) is 0 Å². The molecule has 7 nitrogen and oxygen atoms in total. The van der Waals surface area contributed by atoms with Crippen LogP contribution in [0.5, 0.6) is 5.75 Å². The summed E-state index contributed by atoms with van der Waals surface area (Å²) in [5.41, 5.74) is 0.415. The molecule has 1 amide bonds. The molecule has 0 aliphatic heterocycles. The summed E-state index contributed by atoms with van der Waals surface area (Å²) in [6, 6.07) is 4.17. The van der Waals surface area contributed by atoms with Gasteiger partial charge in [0, 0.05) is 12.4 Å². The minimum Gasteiger partial charge on any atom is -0.495 e. The van der Waals surface area contributed by atoms with Crippen molar-refractivity contribution in [2.24, 2.45) is 0 Å². The maximum Gasteiger partial charge on any atom is 0.335 e. The van der Waals surface area contributed by atoms with Crippen molar-refractivity contribution in [1.29, 1.82) is 0 Å². The third kappa shape index (κ3) is 2.89. The van der Waals surface area contributed by atoms with Crippen LogP contribution in [-0.4, -0.2) is 34.1 Å². The molecule has 0 atom stereocenters. The number of anilines is 1. The summed E-state index contributed by atoms with van der Waals surface area (Å²) in [5.74, 6) is -1.24. The number of nitrogens with zero attached hydrogens (tertiary/aromatic N) is 2. The van der Waals surface area contributed by atoms with Crippen molar-refractivity contribution < 1.29 is 19.4 Å². The van der Waals surface area contributed by atoms with Crippen molar-refractivity contribution in [2.45, 2.75) is 0 Å². The number of ether oxygens (including phenoxy) is 1. The molecule has 0 unspecified atom stereocenters. The Morgan fingerprint density at radius 1 is 1.30 bits per heavy atom. The summed E-state index contributed by atoms with van der Waals surface area (Å²) in [6.07, 6.45) is 4.14. The van der Waals surface area contributed by atoms with Gasteiger partial charge < -0.3 is 15.2 Å². The molecule has 0 aliphatic rings. The normalized spacial score (nSPS) is 9.85. The van der Waals surface area contributed by atoms with E-state index in [2.05, 4.69) is 15.3 Å². The van der Waals surface area contributed by atoms with Gasteiger partial charge >= 0.3 is 5.97 Å². The highest BCUT2D eigenvalue weighted by molar-refractivity contribution is 6.04. The van der Waals surface area contributed by atoms with E-state index in [0.717, 1.165) is 0 Å². The second kappa shape index (κ2) is 5.79. The van der Waals surface area contributed by atoms with Gasteiger partial charge in [-0.3, -0.25) is 9.78 Å². The Hall–Kier alpha value is -2.96. The van der Waals surface area contributed by atoms with Crippen LogP contribution in [0.3, 0.4) is 0 Å². The number of aromatic nitrogens is 2. The second-order valence-electron chi connectivity index (χ2n) is 3.76. The minimum atomic E-state index is -1.09. The first kappa shape index (κ1) is 13.5. The maximum absolute atomic E-state index is 11.9. The van der Waals surface area contributed by atoms with Crippen LogP contribution in [0.4, 0.5) is 5.69 Å². The van der Waals surface area contributed by atoms with E-state index in [0.29, 0.717) is 5.75 Å². The number of rotatable bonds is 4. The zero-order valence-corrected chi connectivity index (χ0v) is 10.5. The molecule has 1 aromatic heterocycles. The molecule has 0 saturated carbocycles. The number of hydrogen-bond acceptors (Lipinski definition) is 5. The van der Waals surface area contributed by atoms with Gasteiger partial charge in [-0.2, -0.15) is 0 Å². The molecule has 0 saturated heterocycles. The van der Waals surface area contributed by atoms with Crippen LogP contribution in [0.25, 0.3) is 0 Å². The van der Waals surface area contributed by atoms with E-state index in [-0.39, 0.29) is 16.9 Å². The molecule has 20 heavy (non-hydrogen) atoms. The van der Waals surface area contributed by atoms with Gasteiger partial charge in [-0.15, -0.1) is 0 Å². The number of aromatic carboxylic acids is 1. The van der Waals surface area contributed by atoms with Crippen LogP contribution in [0, 0.1) is 0 Å². The Bertz CT molecular complexity index is 643. The second-order valence-corrected chi connectivity index (χ2v) is 3.76. The van der Waals surface area contributed by atoms with Crippen LogP contribution in [-0.2, 0) is 0 Å². The van der Waals surface area contributed by atoms with E-state index < -0.39 is 11.9 Å². The van der Waals surface area contributed by atoms with Gasteiger partial charge in [0.1, 0.15) is 11.4 Å². The third-order valence-corrected chi connectivity index (χ3v) is 2.49. The number of benzene rings is 1. The predicted octanol–water partition coefficient (Wildman–Crippen LogP) is 1.44. The van der Waals surface area contributed by atoms with E-state index >= 15 is 0 Å².